The van der Waals surface area contributed by atoms with Gasteiger partial charge in [-0.15, -0.1) is 23.2 Å². The summed E-state index contributed by atoms with van der Waals surface area (Å²) in [4.78, 5) is 27.2. The molecule has 1 heterocycles. The van der Waals surface area contributed by atoms with Crippen molar-refractivity contribution in [2.45, 2.75) is 40.3 Å². The largest absolute Gasteiger partial charge is 0.272 e. The number of hydroxylamine groups is 2. The minimum absolute atomic E-state index is 0.110. The van der Waals surface area contributed by atoms with Gasteiger partial charge in [-0.3, -0.25) is 14.4 Å². The Kier molecular flexibility index (Phi) is 4.88. The van der Waals surface area contributed by atoms with E-state index in [9.17, 15) is 9.59 Å². The van der Waals surface area contributed by atoms with Gasteiger partial charge in [-0.05, 0) is 6.42 Å². The quantitative estimate of drug-likeness (QED) is 0.347. The number of fused-ring (bicyclic) bond motifs is 5. The number of carbonyl (C=O) groups is 2. The van der Waals surface area contributed by atoms with Gasteiger partial charge in [0, 0.05) is 0 Å². The lowest BCUT2D eigenvalue weighted by atomic mass is 9.84. The number of alkyl halides is 4. The van der Waals surface area contributed by atoms with E-state index < -0.39 is 37.7 Å². The molecule has 3 rings (SSSR count). The number of amides is 2. The summed E-state index contributed by atoms with van der Waals surface area (Å²) in [5.74, 6) is -3.60. The van der Waals surface area contributed by atoms with Crippen molar-refractivity contribution in [1.29, 1.82) is 0 Å². The third-order valence-corrected chi connectivity index (χ3v) is 9.10. The van der Waals surface area contributed by atoms with Gasteiger partial charge in [0.15, 0.2) is 4.33 Å². The second-order valence-electron chi connectivity index (χ2n) is 6.09. The number of hydrogen-bond acceptors (Lipinski definition) is 3. The van der Waals surface area contributed by atoms with Crippen LogP contribution in [0.15, 0.2) is 10.1 Å². The van der Waals surface area contributed by atoms with Gasteiger partial charge in [-0.25, -0.2) is 0 Å². The van der Waals surface area contributed by atoms with Crippen molar-refractivity contribution in [3.63, 3.8) is 0 Å². The second-order valence-corrected chi connectivity index (χ2v) is 9.37. The van der Waals surface area contributed by atoms with Gasteiger partial charge in [0.2, 0.25) is 0 Å². The molecule has 0 aromatic carbocycles. The van der Waals surface area contributed by atoms with Gasteiger partial charge in [-0.1, -0.05) is 66.2 Å². The Labute approximate surface area is 169 Å². The number of halogens is 6. The van der Waals surface area contributed by atoms with E-state index >= 15 is 0 Å². The number of rotatable bonds is 5. The monoisotopic (exact) mass is 453 g/mol. The van der Waals surface area contributed by atoms with Gasteiger partial charge in [0.05, 0.1) is 28.5 Å². The van der Waals surface area contributed by atoms with Crippen LogP contribution in [-0.2, 0) is 14.4 Å². The molecular weight excluding hydrogens is 443 g/mol. The van der Waals surface area contributed by atoms with Crippen molar-refractivity contribution >= 4 is 81.4 Å². The first-order valence-corrected chi connectivity index (χ1v) is 9.67. The maximum absolute atomic E-state index is 12.7. The van der Waals surface area contributed by atoms with Gasteiger partial charge in [0.25, 0.3) is 11.8 Å². The maximum Gasteiger partial charge on any atom is 0.259 e. The van der Waals surface area contributed by atoms with E-state index in [0.717, 1.165) is 12.8 Å². The number of unbranched alkanes of at least 4 members (excludes halogenated alkanes) is 2. The zero-order valence-electron chi connectivity index (χ0n) is 12.4. The van der Waals surface area contributed by atoms with E-state index in [0.29, 0.717) is 11.5 Å². The molecule has 0 aromatic rings. The van der Waals surface area contributed by atoms with Crippen LogP contribution in [0, 0.1) is 11.8 Å². The summed E-state index contributed by atoms with van der Waals surface area (Å²) in [6.45, 7) is 2.25. The van der Waals surface area contributed by atoms with Crippen molar-refractivity contribution in [2.24, 2.45) is 11.8 Å². The fourth-order valence-corrected chi connectivity index (χ4v) is 6.53. The van der Waals surface area contributed by atoms with E-state index in [1.807, 2.05) is 6.92 Å². The molecule has 0 radical (unpaired) electrons. The molecule has 4 nitrogen and oxygen atoms in total. The summed E-state index contributed by atoms with van der Waals surface area (Å²) < 4.78 is -1.91. The molecule has 1 saturated heterocycles. The van der Waals surface area contributed by atoms with E-state index in [-0.39, 0.29) is 16.7 Å². The topological polar surface area (TPSA) is 46.6 Å². The van der Waals surface area contributed by atoms with Crippen LogP contribution in [0.25, 0.3) is 0 Å². The second kappa shape index (κ2) is 6.05. The van der Waals surface area contributed by atoms with Gasteiger partial charge in [0.1, 0.15) is 9.75 Å². The van der Waals surface area contributed by atoms with Crippen molar-refractivity contribution in [1.82, 2.24) is 5.06 Å². The standard InChI is InChI=1S/C14H13Cl6NO3/c1-2-3-4-5-24-21-10(22)6-7(11(21)23)13(18)9(16)8(15)12(6,17)14(13,19)20/h6-7H,2-5H2,1H3/t6-,7+,12-,13-/m1/s1. The minimum atomic E-state index is -1.91. The number of allylic oxidation sites excluding steroid dienone is 2. The maximum atomic E-state index is 12.7. The number of hydrogen-bond donors (Lipinski definition) is 0. The van der Waals surface area contributed by atoms with Gasteiger partial charge in [-0.2, -0.15) is 5.06 Å². The van der Waals surface area contributed by atoms with E-state index in [1.165, 1.54) is 0 Å². The average Bonchev–Trinajstić information content (AvgIpc) is 2.90. The summed E-state index contributed by atoms with van der Waals surface area (Å²) in [7, 11) is 0. The molecule has 2 aliphatic carbocycles. The molecule has 10 heteroatoms. The van der Waals surface area contributed by atoms with E-state index in [4.69, 9.17) is 74.4 Å². The smallest absolute Gasteiger partial charge is 0.259 e. The summed E-state index contributed by atoms with van der Waals surface area (Å²) in [6, 6.07) is 0. The Morgan fingerprint density at radius 2 is 1.42 bits per heavy atom. The van der Waals surface area contributed by atoms with Crippen molar-refractivity contribution in [3.8, 4) is 0 Å². The first-order valence-electron chi connectivity index (χ1n) is 7.41. The lowest BCUT2D eigenvalue weighted by molar-refractivity contribution is -0.190. The predicted molar refractivity (Wildman–Crippen MR) is 94.6 cm³/mol. The molecule has 3 aliphatic rings. The predicted octanol–water partition coefficient (Wildman–Crippen LogP) is 4.55. The molecule has 0 N–H and O–H groups in total. The van der Waals surface area contributed by atoms with Crippen LogP contribution < -0.4 is 0 Å². The van der Waals surface area contributed by atoms with Crippen molar-refractivity contribution in [3.05, 3.63) is 10.1 Å². The van der Waals surface area contributed by atoms with Crippen LogP contribution in [0.4, 0.5) is 0 Å². The lowest BCUT2D eigenvalue weighted by Gasteiger charge is -2.34. The highest BCUT2D eigenvalue weighted by Gasteiger charge is 2.87. The summed E-state index contributed by atoms with van der Waals surface area (Å²) >= 11 is 38.2. The highest BCUT2D eigenvalue weighted by atomic mass is 35.5. The highest BCUT2D eigenvalue weighted by molar-refractivity contribution is 6.66. The highest BCUT2D eigenvalue weighted by Crippen LogP contribution is 2.77. The fourth-order valence-electron chi connectivity index (χ4n) is 3.60. The molecule has 2 fully saturated rings. The third-order valence-electron chi connectivity index (χ3n) is 4.84. The van der Waals surface area contributed by atoms with Gasteiger partial charge < -0.3 is 0 Å². The molecular formula is C14H13Cl6NO3. The summed E-state index contributed by atoms with van der Waals surface area (Å²) in [5, 5.41) is 0.476. The van der Waals surface area contributed by atoms with Crippen LogP contribution in [0.3, 0.4) is 0 Å². The first-order chi connectivity index (χ1) is 11.1. The SMILES string of the molecule is CCCCCON1C(=O)[C@@H]2[C@H](C1=O)[C@@]1(Cl)C(Cl)=C(Cl)[C@@]2(Cl)C1(Cl)Cl. The van der Waals surface area contributed by atoms with Crippen LogP contribution in [0.5, 0.6) is 0 Å². The zero-order valence-corrected chi connectivity index (χ0v) is 17.0. The van der Waals surface area contributed by atoms with Crippen molar-refractivity contribution in [2.75, 3.05) is 6.61 Å². The number of imide groups is 1. The summed E-state index contributed by atoms with van der Waals surface area (Å²) in [5.41, 5.74) is 0. The molecule has 134 valence electrons. The summed E-state index contributed by atoms with van der Waals surface area (Å²) in [6.07, 6.45) is 2.59. The molecule has 4 atom stereocenters. The van der Waals surface area contributed by atoms with Gasteiger partial charge >= 0.3 is 0 Å². The van der Waals surface area contributed by atoms with E-state index in [1.54, 1.807) is 0 Å². The third kappa shape index (κ3) is 2.00. The molecule has 1 saturated carbocycles. The minimum Gasteiger partial charge on any atom is -0.272 e. The first kappa shape index (κ1) is 19.3. The molecule has 1 aliphatic heterocycles. The van der Waals surface area contributed by atoms with Crippen molar-refractivity contribution < 1.29 is 14.4 Å². The molecule has 2 bridgehead atoms. The van der Waals surface area contributed by atoms with Crippen LogP contribution in [0.2, 0.25) is 0 Å². The molecule has 0 unspecified atom stereocenters. The Morgan fingerprint density at radius 1 is 0.958 bits per heavy atom. The van der Waals surface area contributed by atoms with Crippen LogP contribution >= 0.6 is 69.6 Å². The Bertz CT molecular complexity index is 606. The normalized spacial score (nSPS) is 40.0. The molecule has 2 amide bonds. The Morgan fingerprint density at radius 3 is 1.83 bits per heavy atom. The fraction of sp³-hybridized carbons (Fsp3) is 0.714. The number of nitrogens with zero attached hydrogens (tertiary/aromatic N) is 1. The van der Waals surface area contributed by atoms with Crippen LogP contribution in [-0.4, -0.2) is 37.6 Å². The number of carbonyl (C=O) groups excluding carboxylic acids is 2. The zero-order chi connectivity index (χ0) is 18.1. The molecule has 24 heavy (non-hydrogen) atoms. The van der Waals surface area contributed by atoms with Crippen LogP contribution in [0.1, 0.15) is 26.2 Å². The van der Waals surface area contributed by atoms with E-state index in [2.05, 4.69) is 0 Å². The Hall–Kier alpha value is 0.580. The Balaban J connectivity index is 1.97. The lowest BCUT2D eigenvalue weighted by Crippen LogP contribution is -2.50. The molecule has 0 spiro atoms. The average molecular weight is 456 g/mol. The molecule has 0 aromatic heterocycles.